The van der Waals surface area contributed by atoms with Crippen molar-refractivity contribution in [2.75, 3.05) is 53.4 Å². The van der Waals surface area contributed by atoms with E-state index in [0.29, 0.717) is 6.04 Å². The summed E-state index contributed by atoms with van der Waals surface area (Å²) in [4.78, 5) is 9.84. The van der Waals surface area contributed by atoms with Gasteiger partial charge in [-0.3, -0.25) is 9.89 Å². The molecule has 1 aliphatic heterocycles. The van der Waals surface area contributed by atoms with E-state index in [1.54, 1.807) is 0 Å². The number of benzene rings is 1. The first-order valence-corrected chi connectivity index (χ1v) is 10.1. The van der Waals surface area contributed by atoms with Crippen molar-refractivity contribution in [2.24, 2.45) is 4.99 Å². The zero-order valence-corrected chi connectivity index (χ0v) is 19.4. The van der Waals surface area contributed by atoms with Gasteiger partial charge in [0.25, 0.3) is 0 Å². The lowest BCUT2D eigenvalue weighted by Crippen LogP contribution is -2.55. The van der Waals surface area contributed by atoms with E-state index < -0.39 is 0 Å². The lowest BCUT2D eigenvalue weighted by molar-refractivity contribution is 0.116. The van der Waals surface area contributed by atoms with Crippen molar-refractivity contribution in [1.29, 1.82) is 0 Å². The molecule has 2 N–H and O–H groups in total. The van der Waals surface area contributed by atoms with E-state index in [4.69, 9.17) is 4.99 Å². The number of nitrogens with zero attached hydrogens (tertiary/aromatic N) is 3. The van der Waals surface area contributed by atoms with Crippen LogP contribution in [0.2, 0.25) is 0 Å². The molecule has 1 saturated carbocycles. The maximum Gasteiger partial charge on any atom is 0.191 e. The van der Waals surface area contributed by atoms with Crippen LogP contribution in [0, 0.1) is 0 Å². The van der Waals surface area contributed by atoms with Crippen molar-refractivity contribution in [1.82, 2.24) is 20.4 Å². The fourth-order valence-corrected chi connectivity index (χ4v) is 4.04. The third kappa shape index (κ3) is 5.81. The fourth-order valence-electron chi connectivity index (χ4n) is 4.04. The van der Waals surface area contributed by atoms with Crippen LogP contribution in [0.1, 0.15) is 31.7 Å². The number of piperazine rings is 1. The molecule has 2 fully saturated rings. The summed E-state index contributed by atoms with van der Waals surface area (Å²) in [5, 5.41) is 7.01. The second kappa shape index (κ2) is 10.6. The van der Waals surface area contributed by atoms with Gasteiger partial charge in [-0.05, 0) is 39.4 Å². The highest BCUT2D eigenvalue weighted by atomic mass is 127. The van der Waals surface area contributed by atoms with E-state index >= 15 is 0 Å². The molecule has 0 amide bonds. The summed E-state index contributed by atoms with van der Waals surface area (Å²) in [5.41, 5.74) is 1.69. The van der Waals surface area contributed by atoms with E-state index in [-0.39, 0.29) is 29.4 Å². The third-order valence-electron chi connectivity index (χ3n) is 6.07. The van der Waals surface area contributed by atoms with Gasteiger partial charge in [-0.1, -0.05) is 36.8 Å². The Balaban J connectivity index is 0.00000261. The molecule has 0 aromatic heterocycles. The summed E-state index contributed by atoms with van der Waals surface area (Å²) in [6, 6.07) is 11.5. The van der Waals surface area contributed by atoms with Crippen molar-refractivity contribution in [3.05, 3.63) is 35.9 Å². The van der Waals surface area contributed by atoms with Gasteiger partial charge in [-0.2, -0.15) is 0 Å². The molecule has 0 radical (unpaired) electrons. The van der Waals surface area contributed by atoms with Gasteiger partial charge in [-0.15, -0.1) is 24.0 Å². The topological polar surface area (TPSA) is 42.9 Å². The molecule has 0 spiro atoms. The molecule has 5 nitrogen and oxygen atoms in total. The molecular formula is C21H36IN5. The Kier molecular flexibility index (Phi) is 8.82. The molecule has 6 heteroatoms. The molecule has 1 atom stereocenters. The molecule has 0 bridgehead atoms. The zero-order valence-electron chi connectivity index (χ0n) is 17.1. The molecule has 1 aliphatic carbocycles. The van der Waals surface area contributed by atoms with Crippen molar-refractivity contribution in [3.8, 4) is 0 Å². The normalized spacial score (nSPS) is 23.2. The lowest BCUT2D eigenvalue weighted by Gasteiger charge is -2.41. The van der Waals surface area contributed by atoms with Crippen molar-refractivity contribution < 1.29 is 0 Å². The highest BCUT2D eigenvalue weighted by Gasteiger charge is 2.38. The number of halogens is 1. The Morgan fingerprint density at radius 2 is 1.89 bits per heavy atom. The number of hydrogen-bond donors (Lipinski definition) is 2. The van der Waals surface area contributed by atoms with Gasteiger partial charge in [0.15, 0.2) is 5.96 Å². The summed E-state index contributed by atoms with van der Waals surface area (Å²) in [6.07, 6.45) is 3.81. The molecule has 1 aromatic rings. The molecule has 1 unspecified atom stereocenters. The average molecular weight is 485 g/mol. The van der Waals surface area contributed by atoms with Crippen molar-refractivity contribution in [2.45, 2.75) is 37.6 Å². The number of aliphatic imine (C=N–C) groups is 1. The Labute approximate surface area is 182 Å². The Hall–Kier alpha value is -0.860. The summed E-state index contributed by atoms with van der Waals surface area (Å²) in [5.74, 6) is 0.955. The monoisotopic (exact) mass is 485 g/mol. The summed E-state index contributed by atoms with van der Waals surface area (Å²) in [7, 11) is 4.43. The molecule has 152 valence electrons. The number of likely N-dealkylation sites (N-methyl/N-ethyl adjacent to an activating group) is 2. The largest absolute Gasteiger partial charge is 0.357 e. The van der Waals surface area contributed by atoms with Gasteiger partial charge in [0.1, 0.15) is 0 Å². The van der Waals surface area contributed by atoms with E-state index in [0.717, 1.165) is 45.2 Å². The van der Waals surface area contributed by atoms with E-state index in [9.17, 15) is 0 Å². The van der Waals surface area contributed by atoms with Gasteiger partial charge < -0.3 is 15.5 Å². The number of hydrogen-bond acceptors (Lipinski definition) is 3. The van der Waals surface area contributed by atoms with E-state index in [1.165, 1.54) is 24.8 Å². The maximum atomic E-state index is 4.97. The number of guanidine groups is 1. The molecule has 1 aromatic carbocycles. The zero-order chi connectivity index (χ0) is 18.4. The van der Waals surface area contributed by atoms with Gasteiger partial charge >= 0.3 is 0 Å². The number of nitrogens with one attached hydrogen (secondary N) is 2. The SMILES string of the molecule is CCNC(=NCC1(c2ccccc2)CCC1)NCC1CN(C)CCN1C.I. The van der Waals surface area contributed by atoms with Gasteiger partial charge in [0.2, 0.25) is 0 Å². The number of rotatable bonds is 6. The van der Waals surface area contributed by atoms with Crippen molar-refractivity contribution >= 4 is 29.9 Å². The first-order valence-electron chi connectivity index (χ1n) is 10.1. The first kappa shape index (κ1) is 22.4. The van der Waals surface area contributed by atoms with Crippen LogP contribution in [-0.2, 0) is 5.41 Å². The van der Waals surface area contributed by atoms with Gasteiger partial charge in [-0.25, -0.2) is 0 Å². The minimum Gasteiger partial charge on any atom is -0.357 e. The molecule has 3 rings (SSSR count). The maximum absolute atomic E-state index is 4.97. The predicted octanol–water partition coefficient (Wildman–Crippen LogP) is 2.53. The summed E-state index contributed by atoms with van der Waals surface area (Å²) in [6.45, 7) is 8.22. The van der Waals surface area contributed by atoms with Crippen LogP contribution in [0.25, 0.3) is 0 Å². The van der Waals surface area contributed by atoms with Crippen LogP contribution in [0.3, 0.4) is 0 Å². The molecule has 1 heterocycles. The predicted molar refractivity (Wildman–Crippen MR) is 125 cm³/mol. The van der Waals surface area contributed by atoms with Gasteiger partial charge in [0, 0.05) is 44.2 Å². The Morgan fingerprint density at radius 3 is 2.52 bits per heavy atom. The van der Waals surface area contributed by atoms with Crippen LogP contribution in [0.4, 0.5) is 0 Å². The standard InChI is InChI=1S/C21H35N5.HI/c1-4-22-20(23-15-19-16-25(2)13-14-26(19)3)24-17-21(11-8-12-21)18-9-6-5-7-10-18;/h5-7,9-10,19H,4,8,11-17H2,1-3H3,(H2,22,23,24);1H. The van der Waals surface area contributed by atoms with E-state index in [2.05, 4.69) is 71.8 Å². The second-order valence-electron chi connectivity index (χ2n) is 7.97. The minimum atomic E-state index is 0. The smallest absolute Gasteiger partial charge is 0.191 e. The van der Waals surface area contributed by atoms with E-state index in [1.807, 2.05) is 0 Å². The molecule has 2 aliphatic rings. The van der Waals surface area contributed by atoms with Crippen molar-refractivity contribution in [3.63, 3.8) is 0 Å². The van der Waals surface area contributed by atoms with Crippen LogP contribution >= 0.6 is 24.0 Å². The molecule has 27 heavy (non-hydrogen) atoms. The average Bonchev–Trinajstić information content (AvgIpc) is 2.62. The summed E-state index contributed by atoms with van der Waals surface area (Å²) >= 11 is 0. The fraction of sp³-hybridized carbons (Fsp3) is 0.667. The van der Waals surface area contributed by atoms with Gasteiger partial charge in [0.05, 0.1) is 6.54 Å². The van der Waals surface area contributed by atoms with Crippen LogP contribution in [0.5, 0.6) is 0 Å². The van der Waals surface area contributed by atoms with Crippen LogP contribution < -0.4 is 10.6 Å². The first-order chi connectivity index (χ1) is 12.6. The van der Waals surface area contributed by atoms with Crippen LogP contribution in [-0.4, -0.2) is 75.2 Å². The Bertz CT molecular complexity index is 587. The summed E-state index contributed by atoms with van der Waals surface area (Å²) < 4.78 is 0. The highest BCUT2D eigenvalue weighted by Crippen LogP contribution is 2.43. The molecular weight excluding hydrogens is 449 g/mol. The Morgan fingerprint density at radius 1 is 1.15 bits per heavy atom. The third-order valence-corrected chi connectivity index (χ3v) is 6.07. The lowest BCUT2D eigenvalue weighted by atomic mass is 9.64. The second-order valence-corrected chi connectivity index (χ2v) is 7.97. The quantitative estimate of drug-likeness (QED) is 0.369. The van der Waals surface area contributed by atoms with Crippen LogP contribution in [0.15, 0.2) is 35.3 Å². The minimum absolute atomic E-state index is 0. The molecule has 1 saturated heterocycles. The highest BCUT2D eigenvalue weighted by molar-refractivity contribution is 14.0.